The second-order valence-corrected chi connectivity index (χ2v) is 19.0. The van der Waals surface area contributed by atoms with Crippen molar-refractivity contribution in [3.05, 3.63) is 76.6 Å². The number of nitriles is 1. The lowest BCUT2D eigenvalue weighted by atomic mass is 9.48. The van der Waals surface area contributed by atoms with E-state index in [0.29, 0.717) is 52.1 Å². The average Bonchev–Trinajstić information content (AvgIpc) is 3.19. The quantitative estimate of drug-likeness (QED) is 0.201. The fraction of sp³-hybridized carbons (Fsp3) is 0.553. The standard InChI is InChI=1S/C47H60N8O6/c1-27(2)54(26-30-15-17-53(18-16-30)45-50-24-32(25-51-45)40(49)57)33-21-36(22-33)60-34-11-9-31(10-12-34)42(59)55(38-13-14-39(56)52-41(38)58)43-46(5,6)44(47(43,7)8)61-35-19-28(3)37(23-48)29(4)20-35/h9-12,19-20,24-25,27,30,33,36,38,43-44H,13-18,21-22,26H2,1-8H3,(H2,49,57)(H,52,56,58). The molecule has 1 unspecified atom stereocenters. The molecule has 7 rings (SSSR count). The highest BCUT2D eigenvalue weighted by Crippen LogP contribution is 2.59. The Hall–Kier alpha value is -5.55. The molecule has 4 fully saturated rings. The Morgan fingerprint density at radius 2 is 1.54 bits per heavy atom. The summed E-state index contributed by atoms with van der Waals surface area (Å²) in [6, 6.07) is 12.8. The number of piperidine rings is 2. The van der Waals surface area contributed by atoms with Gasteiger partial charge in [-0.05, 0) is 100 Å². The first-order valence-corrected chi connectivity index (χ1v) is 21.6. The number of imide groups is 1. The summed E-state index contributed by atoms with van der Waals surface area (Å²) in [5, 5.41) is 12.1. The number of rotatable bonds is 13. The molecule has 3 aromatic rings. The van der Waals surface area contributed by atoms with E-state index in [2.05, 4.69) is 72.7 Å². The van der Waals surface area contributed by atoms with E-state index in [9.17, 15) is 24.4 Å². The van der Waals surface area contributed by atoms with Crippen molar-refractivity contribution < 1.29 is 28.7 Å². The second kappa shape index (κ2) is 17.1. The number of carbonyl (C=O) groups is 4. The number of hydrogen-bond donors (Lipinski definition) is 2. The highest BCUT2D eigenvalue weighted by atomic mass is 16.5. The maximum Gasteiger partial charge on any atom is 0.254 e. The molecular weight excluding hydrogens is 773 g/mol. The molecule has 4 aliphatic rings. The molecule has 2 saturated heterocycles. The predicted octanol–water partition coefficient (Wildman–Crippen LogP) is 5.73. The van der Waals surface area contributed by atoms with Crippen molar-refractivity contribution in [1.29, 1.82) is 5.26 Å². The largest absolute Gasteiger partial charge is 0.490 e. The van der Waals surface area contributed by atoms with Crippen LogP contribution in [-0.2, 0) is 9.59 Å². The van der Waals surface area contributed by atoms with Crippen LogP contribution >= 0.6 is 0 Å². The second-order valence-electron chi connectivity index (χ2n) is 19.0. The summed E-state index contributed by atoms with van der Waals surface area (Å²) in [4.78, 5) is 67.0. The zero-order valence-corrected chi connectivity index (χ0v) is 36.7. The van der Waals surface area contributed by atoms with Crippen LogP contribution in [0.15, 0.2) is 48.8 Å². The van der Waals surface area contributed by atoms with Crippen molar-refractivity contribution in [2.24, 2.45) is 22.5 Å². The molecule has 2 aliphatic heterocycles. The molecule has 2 aromatic carbocycles. The molecule has 14 heteroatoms. The lowest BCUT2D eigenvalue weighted by molar-refractivity contribution is -0.206. The van der Waals surface area contributed by atoms with Crippen molar-refractivity contribution in [2.45, 2.75) is 130 Å². The molecule has 1 aromatic heterocycles. The Morgan fingerprint density at radius 3 is 2.08 bits per heavy atom. The molecule has 3 heterocycles. The third-order valence-electron chi connectivity index (χ3n) is 13.6. The van der Waals surface area contributed by atoms with E-state index in [4.69, 9.17) is 15.2 Å². The number of benzene rings is 2. The normalized spacial score (nSPS) is 24.6. The van der Waals surface area contributed by atoms with Crippen LogP contribution in [0.25, 0.3) is 0 Å². The number of hydrogen-bond acceptors (Lipinski definition) is 11. The number of aryl methyl sites for hydroxylation is 2. The van der Waals surface area contributed by atoms with E-state index >= 15 is 0 Å². The summed E-state index contributed by atoms with van der Waals surface area (Å²) in [5.74, 6) is 0.898. The maximum absolute atomic E-state index is 14.7. The van der Waals surface area contributed by atoms with Crippen LogP contribution in [0.1, 0.15) is 117 Å². The molecule has 0 radical (unpaired) electrons. The molecule has 2 aliphatic carbocycles. The van der Waals surface area contributed by atoms with Crippen molar-refractivity contribution in [1.82, 2.24) is 25.1 Å². The highest BCUT2D eigenvalue weighted by Gasteiger charge is 2.67. The fourth-order valence-corrected chi connectivity index (χ4v) is 10.7. The summed E-state index contributed by atoms with van der Waals surface area (Å²) in [6.07, 6.45) is 6.99. The maximum atomic E-state index is 14.7. The van der Waals surface area contributed by atoms with Gasteiger partial charge in [-0.2, -0.15) is 5.26 Å². The predicted molar refractivity (Wildman–Crippen MR) is 230 cm³/mol. The smallest absolute Gasteiger partial charge is 0.254 e. The van der Waals surface area contributed by atoms with Crippen molar-refractivity contribution in [3.63, 3.8) is 0 Å². The van der Waals surface area contributed by atoms with E-state index < -0.39 is 34.7 Å². The Kier molecular flexibility index (Phi) is 12.2. The number of anilines is 1. The number of carbonyl (C=O) groups excluding carboxylic acids is 4. The first-order valence-electron chi connectivity index (χ1n) is 21.6. The molecule has 3 N–H and O–H groups in total. The van der Waals surface area contributed by atoms with Crippen molar-refractivity contribution >= 4 is 29.6 Å². The van der Waals surface area contributed by atoms with Gasteiger partial charge in [0.25, 0.3) is 11.8 Å². The van der Waals surface area contributed by atoms with Crippen LogP contribution in [0.2, 0.25) is 0 Å². The zero-order valence-electron chi connectivity index (χ0n) is 36.7. The summed E-state index contributed by atoms with van der Waals surface area (Å²) in [6.45, 7) is 19.2. The van der Waals surface area contributed by atoms with Crippen LogP contribution in [-0.4, -0.2) is 99.4 Å². The highest BCUT2D eigenvalue weighted by molar-refractivity contribution is 6.04. The summed E-state index contributed by atoms with van der Waals surface area (Å²) in [5.41, 5.74) is 7.21. The van der Waals surface area contributed by atoms with Gasteiger partial charge in [-0.25, -0.2) is 9.97 Å². The number of nitrogens with two attached hydrogens (primary N) is 1. The molecule has 1 atom stereocenters. The number of aromatic nitrogens is 2. The van der Waals surface area contributed by atoms with Gasteiger partial charge >= 0.3 is 0 Å². The first-order chi connectivity index (χ1) is 28.9. The number of amides is 4. The van der Waals surface area contributed by atoms with Gasteiger partial charge in [0.2, 0.25) is 17.8 Å². The van der Waals surface area contributed by atoms with Crippen LogP contribution in [0.5, 0.6) is 11.5 Å². The minimum Gasteiger partial charge on any atom is -0.490 e. The minimum absolute atomic E-state index is 0.0623. The molecular formula is C47H60N8O6. The van der Waals surface area contributed by atoms with Gasteiger partial charge in [-0.1, -0.05) is 27.7 Å². The van der Waals surface area contributed by atoms with E-state index in [1.807, 2.05) is 38.1 Å². The van der Waals surface area contributed by atoms with Gasteiger partial charge in [0, 0.05) is 79.8 Å². The number of primary amides is 1. The van der Waals surface area contributed by atoms with E-state index in [0.717, 1.165) is 56.4 Å². The molecule has 2 saturated carbocycles. The molecule has 4 amide bonds. The summed E-state index contributed by atoms with van der Waals surface area (Å²) in [7, 11) is 0. The van der Waals surface area contributed by atoms with Crippen LogP contribution in [0.4, 0.5) is 5.95 Å². The molecule has 61 heavy (non-hydrogen) atoms. The van der Waals surface area contributed by atoms with Crippen molar-refractivity contribution in [3.8, 4) is 17.6 Å². The Morgan fingerprint density at radius 1 is 0.934 bits per heavy atom. The monoisotopic (exact) mass is 832 g/mol. The topological polar surface area (TPSA) is 184 Å². The molecule has 0 bridgehead atoms. The summed E-state index contributed by atoms with van der Waals surface area (Å²) >= 11 is 0. The van der Waals surface area contributed by atoms with E-state index in [1.54, 1.807) is 17.0 Å². The zero-order chi connectivity index (χ0) is 44.0. The van der Waals surface area contributed by atoms with Gasteiger partial charge in [-0.15, -0.1) is 0 Å². The van der Waals surface area contributed by atoms with Crippen LogP contribution in [0.3, 0.4) is 0 Å². The van der Waals surface area contributed by atoms with Crippen molar-refractivity contribution in [2.75, 3.05) is 24.5 Å². The molecule has 0 spiro atoms. The minimum atomic E-state index is -0.829. The Balaban J connectivity index is 0.982. The Labute approximate surface area is 359 Å². The Bertz CT molecular complexity index is 2150. The lowest BCUT2D eigenvalue weighted by Gasteiger charge is -2.66. The number of ether oxygens (including phenoxy) is 2. The van der Waals surface area contributed by atoms with Crippen LogP contribution in [0, 0.1) is 41.9 Å². The lowest BCUT2D eigenvalue weighted by Crippen LogP contribution is -2.77. The first kappa shape index (κ1) is 43.5. The summed E-state index contributed by atoms with van der Waals surface area (Å²) < 4.78 is 13.1. The molecule has 324 valence electrons. The van der Waals surface area contributed by atoms with Gasteiger partial charge in [0.1, 0.15) is 29.7 Å². The van der Waals surface area contributed by atoms with E-state index in [-0.39, 0.29) is 36.9 Å². The number of nitrogens with zero attached hydrogens (tertiary/aromatic N) is 6. The number of nitrogens with one attached hydrogen (secondary N) is 1. The molecule has 14 nitrogen and oxygen atoms in total. The van der Waals surface area contributed by atoms with E-state index in [1.165, 1.54) is 12.4 Å². The SMILES string of the molecule is Cc1cc(OC2C(C)(C)C(N(C(=O)c3ccc(OC4CC(N(CC5CCN(c6ncc(C(N)=O)cn6)CC5)C(C)C)C4)cc3)C3CCC(=O)NC3=O)C2(C)C)cc(C)c1C#N. The fourth-order valence-electron chi connectivity index (χ4n) is 10.7. The average molecular weight is 833 g/mol. The van der Waals surface area contributed by atoms with Crippen LogP contribution < -0.4 is 25.4 Å². The van der Waals surface area contributed by atoms with Gasteiger partial charge < -0.3 is 25.0 Å². The third kappa shape index (κ3) is 8.67. The van der Waals surface area contributed by atoms with Gasteiger partial charge in [0.15, 0.2) is 0 Å². The van der Waals surface area contributed by atoms with Gasteiger partial charge in [0.05, 0.1) is 23.2 Å². The van der Waals surface area contributed by atoms with Gasteiger partial charge in [-0.3, -0.25) is 29.4 Å². The third-order valence-corrected chi connectivity index (χ3v) is 13.6.